The Labute approximate surface area is 168 Å². The fraction of sp³-hybridized carbons (Fsp3) is 0.250. The van der Waals surface area contributed by atoms with Crippen LogP contribution in [0.3, 0.4) is 0 Å². The van der Waals surface area contributed by atoms with Crippen molar-refractivity contribution in [2.24, 2.45) is 5.73 Å². The predicted octanol–water partition coefficient (Wildman–Crippen LogP) is 5.57. The number of hydrogen-bond acceptors (Lipinski definition) is 2. The molecule has 1 aliphatic rings. The highest BCUT2D eigenvalue weighted by molar-refractivity contribution is 5.34. The minimum absolute atomic E-state index is 0.0213. The molecule has 0 spiro atoms. The molecule has 4 rings (SSSR count). The van der Waals surface area contributed by atoms with Crippen LogP contribution in [0.5, 0.6) is 0 Å². The van der Waals surface area contributed by atoms with Gasteiger partial charge in [0.1, 0.15) is 0 Å². The fourth-order valence-corrected chi connectivity index (χ4v) is 4.12. The third kappa shape index (κ3) is 4.07. The molecular formula is C24H23F3N2. The van der Waals surface area contributed by atoms with Crippen LogP contribution in [0.4, 0.5) is 13.2 Å². The number of halogens is 3. The lowest BCUT2D eigenvalue weighted by Gasteiger charge is -2.49. The Bertz CT molecular complexity index is 902. The van der Waals surface area contributed by atoms with Crippen LogP contribution in [0.15, 0.2) is 84.9 Å². The topological polar surface area (TPSA) is 29.3 Å². The van der Waals surface area contributed by atoms with Crippen LogP contribution >= 0.6 is 0 Å². The molecule has 0 saturated carbocycles. The summed E-state index contributed by atoms with van der Waals surface area (Å²) in [5.41, 5.74) is 8.66. The van der Waals surface area contributed by atoms with E-state index in [1.54, 1.807) is 6.07 Å². The molecule has 29 heavy (non-hydrogen) atoms. The zero-order valence-electron chi connectivity index (χ0n) is 15.9. The molecule has 5 heteroatoms. The summed E-state index contributed by atoms with van der Waals surface area (Å²) in [5, 5.41) is 0. The average molecular weight is 396 g/mol. The summed E-state index contributed by atoms with van der Waals surface area (Å²) in [6.07, 6.45) is -3.51. The highest BCUT2D eigenvalue weighted by atomic mass is 19.4. The summed E-state index contributed by atoms with van der Waals surface area (Å²) in [4.78, 5) is 2.30. The summed E-state index contributed by atoms with van der Waals surface area (Å²) in [6, 6.07) is 25.2. The van der Waals surface area contributed by atoms with Gasteiger partial charge in [-0.1, -0.05) is 72.8 Å². The first kappa shape index (κ1) is 19.7. The van der Waals surface area contributed by atoms with E-state index >= 15 is 0 Å². The second kappa shape index (κ2) is 8.01. The maximum Gasteiger partial charge on any atom is 0.416 e. The molecule has 1 fully saturated rings. The van der Waals surface area contributed by atoms with Crippen molar-refractivity contribution in [3.8, 4) is 0 Å². The van der Waals surface area contributed by atoms with Gasteiger partial charge in [0.25, 0.3) is 0 Å². The summed E-state index contributed by atoms with van der Waals surface area (Å²) in [7, 11) is 0. The Morgan fingerprint density at radius 1 is 0.793 bits per heavy atom. The van der Waals surface area contributed by atoms with Gasteiger partial charge in [-0.15, -0.1) is 0 Å². The van der Waals surface area contributed by atoms with E-state index < -0.39 is 17.8 Å². The van der Waals surface area contributed by atoms with Gasteiger partial charge in [-0.25, -0.2) is 0 Å². The number of rotatable bonds is 5. The number of hydrogen-bond donors (Lipinski definition) is 1. The van der Waals surface area contributed by atoms with Crippen molar-refractivity contribution in [3.63, 3.8) is 0 Å². The SMILES string of the molecule is N[C@@H](c1cccc(C(F)(F)F)c1)[C@H]1CCN1C(c1ccccc1)c1ccccc1. The Hall–Kier alpha value is -2.63. The Kier molecular flexibility index (Phi) is 5.43. The van der Waals surface area contributed by atoms with E-state index in [0.717, 1.165) is 30.2 Å². The maximum absolute atomic E-state index is 13.1. The van der Waals surface area contributed by atoms with Crippen molar-refractivity contribution in [1.82, 2.24) is 4.90 Å². The van der Waals surface area contributed by atoms with Crippen molar-refractivity contribution < 1.29 is 13.2 Å². The lowest BCUT2D eigenvalue weighted by molar-refractivity contribution is -0.137. The Morgan fingerprint density at radius 3 is 1.83 bits per heavy atom. The Morgan fingerprint density at radius 2 is 1.34 bits per heavy atom. The summed E-state index contributed by atoms with van der Waals surface area (Å²) in [5.74, 6) is 0. The van der Waals surface area contributed by atoms with Crippen molar-refractivity contribution >= 4 is 0 Å². The molecule has 0 unspecified atom stereocenters. The third-order valence-corrected chi connectivity index (χ3v) is 5.68. The molecule has 1 aliphatic heterocycles. The molecule has 0 amide bonds. The number of likely N-dealkylation sites (tertiary alicyclic amines) is 1. The highest BCUT2D eigenvalue weighted by Crippen LogP contribution is 2.40. The smallest absolute Gasteiger partial charge is 0.323 e. The van der Waals surface area contributed by atoms with Gasteiger partial charge in [0.15, 0.2) is 0 Å². The van der Waals surface area contributed by atoms with Gasteiger partial charge in [-0.3, -0.25) is 4.90 Å². The second-order valence-electron chi connectivity index (χ2n) is 7.47. The van der Waals surface area contributed by atoms with E-state index in [-0.39, 0.29) is 12.1 Å². The molecule has 3 aromatic rings. The molecule has 150 valence electrons. The summed E-state index contributed by atoms with van der Waals surface area (Å²) < 4.78 is 39.4. The van der Waals surface area contributed by atoms with Crippen LogP contribution < -0.4 is 5.73 Å². The number of nitrogens with zero attached hydrogens (tertiary/aromatic N) is 1. The molecule has 1 saturated heterocycles. The Balaban J connectivity index is 1.65. The summed E-state index contributed by atoms with van der Waals surface area (Å²) in [6.45, 7) is 0.853. The van der Waals surface area contributed by atoms with Crippen LogP contribution in [0.1, 0.15) is 40.8 Å². The van der Waals surface area contributed by atoms with Gasteiger partial charge in [-0.05, 0) is 35.2 Å². The third-order valence-electron chi connectivity index (χ3n) is 5.68. The van der Waals surface area contributed by atoms with Crippen molar-refractivity contribution in [2.45, 2.75) is 30.7 Å². The molecule has 2 nitrogen and oxygen atoms in total. The normalized spacial score (nSPS) is 18.4. The highest BCUT2D eigenvalue weighted by Gasteiger charge is 2.40. The molecule has 0 bridgehead atoms. The largest absolute Gasteiger partial charge is 0.416 e. The number of nitrogens with two attached hydrogens (primary N) is 1. The first-order valence-electron chi connectivity index (χ1n) is 9.73. The van der Waals surface area contributed by atoms with Crippen LogP contribution in [0, 0.1) is 0 Å². The molecule has 1 heterocycles. The van der Waals surface area contributed by atoms with E-state index in [4.69, 9.17) is 5.73 Å². The van der Waals surface area contributed by atoms with E-state index in [0.29, 0.717) is 5.56 Å². The lowest BCUT2D eigenvalue weighted by atomic mass is 9.85. The van der Waals surface area contributed by atoms with Gasteiger partial charge in [-0.2, -0.15) is 13.2 Å². The van der Waals surface area contributed by atoms with Crippen molar-refractivity contribution in [2.75, 3.05) is 6.54 Å². The second-order valence-corrected chi connectivity index (χ2v) is 7.47. The fourth-order valence-electron chi connectivity index (χ4n) is 4.12. The lowest BCUT2D eigenvalue weighted by Crippen LogP contribution is -2.54. The monoisotopic (exact) mass is 396 g/mol. The van der Waals surface area contributed by atoms with Gasteiger partial charge in [0, 0.05) is 18.6 Å². The van der Waals surface area contributed by atoms with Crippen LogP contribution in [0.2, 0.25) is 0 Å². The zero-order chi connectivity index (χ0) is 20.4. The van der Waals surface area contributed by atoms with Crippen LogP contribution in [-0.4, -0.2) is 17.5 Å². The van der Waals surface area contributed by atoms with Gasteiger partial charge in [0.2, 0.25) is 0 Å². The first-order chi connectivity index (χ1) is 13.9. The van der Waals surface area contributed by atoms with Gasteiger partial charge >= 0.3 is 6.18 Å². The van der Waals surface area contributed by atoms with E-state index in [1.165, 1.54) is 12.1 Å². The molecule has 2 atom stereocenters. The first-order valence-corrected chi connectivity index (χ1v) is 9.73. The molecule has 2 N–H and O–H groups in total. The van der Waals surface area contributed by atoms with E-state index in [2.05, 4.69) is 29.2 Å². The molecule has 0 aromatic heterocycles. The summed E-state index contributed by atoms with van der Waals surface area (Å²) >= 11 is 0. The number of benzene rings is 3. The van der Waals surface area contributed by atoms with Crippen LogP contribution in [-0.2, 0) is 6.18 Å². The molecule has 3 aromatic carbocycles. The quantitative estimate of drug-likeness (QED) is 0.611. The standard InChI is InChI=1S/C24H23F3N2/c25-24(26,27)20-13-7-12-19(16-20)22(28)21-14-15-29(21)23(17-8-3-1-4-9-17)18-10-5-2-6-11-18/h1-13,16,21-23H,14-15,28H2/t21-,22+/m1/s1. The number of alkyl halides is 3. The molecule has 0 aliphatic carbocycles. The van der Waals surface area contributed by atoms with Gasteiger partial charge < -0.3 is 5.73 Å². The minimum atomic E-state index is -4.37. The van der Waals surface area contributed by atoms with Crippen LogP contribution in [0.25, 0.3) is 0 Å². The van der Waals surface area contributed by atoms with Gasteiger partial charge in [0.05, 0.1) is 11.6 Å². The minimum Gasteiger partial charge on any atom is -0.323 e. The predicted molar refractivity (Wildman–Crippen MR) is 108 cm³/mol. The molecule has 0 radical (unpaired) electrons. The van der Waals surface area contributed by atoms with Crippen molar-refractivity contribution in [1.29, 1.82) is 0 Å². The molecular weight excluding hydrogens is 373 g/mol. The zero-order valence-corrected chi connectivity index (χ0v) is 15.9. The van der Waals surface area contributed by atoms with E-state index in [9.17, 15) is 13.2 Å². The van der Waals surface area contributed by atoms with E-state index in [1.807, 2.05) is 36.4 Å². The maximum atomic E-state index is 13.1. The van der Waals surface area contributed by atoms with Crippen molar-refractivity contribution in [3.05, 3.63) is 107 Å². The average Bonchev–Trinajstić information content (AvgIpc) is 2.72.